The quantitative estimate of drug-likeness (QED) is 0.477. The molecule has 0 amide bonds. The minimum absolute atomic E-state index is 0.273. The van der Waals surface area contributed by atoms with Gasteiger partial charge in [0.15, 0.2) is 0 Å². The standard InChI is InChI=1S/C12H22N6O2/c1-2-7-20-12-16-10(15-11(17-12)18-13)14-6-5-9-4-3-8-19-9/h9H,2-8,13H2,1H3,(H2,14,15,16,17,18). The fraction of sp³-hybridized carbons (Fsp3) is 0.750. The van der Waals surface area contributed by atoms with Crippen LogP contribution in [0.4, 0.5) is 11.9 Å². The molecular formula is C12H22N6O2. The Morgan fingerprint density at radius 3 is 2.90 bits per heavy atom. The number of aromatic nitrogens is 3. The van der Waals surface area contributed by atoms with Crippen molar-refractivity contribution in [3.8, 4) is 6.01 Å². The van der Waals surface area contributed by atoms with Crippen molar-refractivity contribution in [2.45, 2.75) is 38.7 Å². The summed E-state index contributed by atoms with van der Waals surface area (Å²) in [6.45, 7) is 4.19. The van der Waals surface area contributed by atoms with Crippen molar-refractivity contribution >= 4 is 11.9 Å². The number of nitrogen functional groups attached to an aromatic ring is 1. The summed E-state index contributed by atoms with van der Waals surface area (Å²) in [6.07, 6.45) is 4.43. The Labute approximate surface area is 118 Å². The summed E-state index contributed by atoms with van der Waals surface area (Å²) in [5.74, 6) is 6.08. The second-order valence-corrected chi connectivity index (χ2v) is 4.61. The van der Waals surface area contributed by atoms with Crippen LogP contribution >= 0.6 is 0 Å². The maximum absolute atomic E-state index is 5.56. The van der Waals surface area contributed by atoms with Gasteiger partial charge in [0.25, 0.3) is 0 Å². The SMILES string of the molecule is CCCOc1nc(NN)nc(NCCC2CCCO2)n1. The smallest absolute Gasteiger partial charge is 0.323 e. The van der Waals surface area contributed by atoms with Crippen LogP contribution in [0.5, 0.6) is 6.01 Å². The van der Waals surface area contributed by atoms with Gasteiger partial charge in [0, 0.05) is 13.2 Å². The number of nitrogens with one attached hydrogen (secondary N) is 2. The summed E-state index contributed by atoms with van der Waals surface area (Å²) < 4.78 is 11.0. The third-order valence-corrected chi connectivity index (χ3v) is 2.95. The van der Waals surface area contributed by atoms with Gasteiger partial charge in [-0.15, -0.1) is 0 Å². The van der Waals surface area contributed by atoms with Crippen LogP contribution in [0, 0.1) is 0 Å². The molecule has 8 nitrogen and oxygen atoms in total. The van der Waals surface area contributed by atoms with Crippen LogP contribution in [0.25, 0.3) is 0 Å². The minimum atomic E-state index is 0.273. The Kier molecular flexibility index (Phi) is 5.75. The summed E-state index contributed by atoms with van der Waals surface area (Å²) in [4.78, 5) is 12.4. The monoisotopic (exact) mass is 282 g/mol. The molecule has 0 aliphatic carbocycles. The van der Waals surface area contributed by atoms with Gasteiger partial charge in [-0.25, -0.2) is 5.84 Å². The molecule has 1 aliphatic heterocycles. The highest BCUT2D eigenvalue weighted by Crippen LogP contribution is 2.16. The Morgan fingerprint density at radius 1 is 1.35 bits per heavy atom. The number of hydrogen-bond acceptors (Lipinski definition) is 8. The van der Waals surface area contributed by atoms with Crippen molar-refractivity contribution in [1.29, 1.82) is 0 Å². The molecule has 0 aromatic carbocycles. The lowest BCUT2D eigenvalue weighted by molar-refractivity contribution is 0.107. The molecule has 1 aromatic heterocycles. The molecular weight excluding hydrogens is 260 g/mol. The molecule has 1 unspecified atom stereocenters. The van der Waals surface area contributed by atoms with Crippen LogP contribution < -0.4 is 21.3 Å². The maximum Gasteiger partial charge on any atom is 0.323 e. The highest BCUT2D eigenvalue weighted by atomic mass is 16.5. The van der Waals surface area contributed by atoms with E-state index in [9.17, 15) is 0 Å². The summed E-state index contributed by atoms with van der Waals surface area (Å²) in [6, 6.07) is 0.273. The molecule has 2 rings (SSSR count). The number of hydrazine groups is 1. The molecule has 4 N–H and O–H groups in total. The molecule has 8 heteroatoms. The average molecular weight is 282 g/mol. The topological polar surface area (TPSA) is 107 Å². The first-order valence-electron chi connectivity index (χ1n) is 7.02. The van der Waals surface area contributed by atoms with Crippen LogP contribution in [0.15, 0.2) is 0 Å². The molecule has 1 aromatic rings. The normalized spacial score (nSPS) is 18.0. The van der Waals surface area contributed by atoms with Crippen LogP contribution in [-0.2, 0) is 4.74 Å². The van der Waals surface area contributed by atoms with E-state index < -0.39 is 0 Å². The molecule has 0 radical (unpaired) electrons. The van der Waals surface area contributed by atoms with Gasteiger partial charge in [0.1, 0.15) is 0 Å². The molecule has 1 atom stereocenters. The Morgan fingerprint density at radius 2 is 2.20 bits per heavy atom. The highest BCUT2D eigenvalue weighted by molar-refractivity contribution is 5.34. The van der Waals surface area contributed by atoms with Crippen molar-refractivity contribution in [2.24, 2.45) is 5.84 Å². The van der Waals surface area contributed by atoms with Crippen LogP contribution in [-0.4, -0.2) is 40.8 Å². The van der Waals surface area contributed by atoms with Gasteiger partial charge >= 0.3 is 6.01 Å². The Hall–Kier alpha value is -1.67. The number of nitrogens with zero attached hydrogens (tertiary/aromatic N) is 3. The maximum atomic E-state index is 5.56. The largest absolute Gasteiger partial charge is 0.463 e. The Balaban J connectivity index is 1.87. The number of ether oxygens (including phenoxy) is 2. The lowest BCUT2D eigenvalue weighted by Gasteiger charge is -2.11. The predicted molar refractivity (Wildman–Crippen MR) is 75.5 cm³/mol. The zero-order chi connectivity index (χ0) is 14.2. The van der Waals surface area contributed by atoms with E-state index in [2.05, 4.69) is 25.7 Å². The van der Waals surface area contributed by atoms with Crippen LogP contribution in [0.3, 0.4) is 0 Å². The average Bonchev–Trinajstić information content (AvgIpc) is 2.98. The van der Waals surface area contributed by atoms with Gasteiger partial charge in [-0.1, -0.05) is 6.92 Å². The van der Waals surface area contributed by atoms with Crippen molar-refractivity contribution in [2.75, 3.05) is 30.5 Å². The van der Waals surface area contributed by atoms with Crippen LogP contribution in [0.2, 0.25) is 0 Å². The summed E-state index contributed by atoms with van der Waals surface area (Å²) in [5, 5.41) is 3.15. The molecule has 20 heavy (non-hydrogen) atoms. The van der Waals surface area contributed by atoms with Crippen molar-refractivity contribution in [3.05, 3.63) is 0 Å². The molecule has 0 bridgehead atoms. The first-order chi connectivity index (χ1) is 9.81. The van der Waals surface area contributed by atoms with E-state index in [1.54, 1.807) is 0 Å². The first-order valence-corrected chi connectivity index (χ1v) is 7.02. The van der Waals surface area contributed by atoms with E-state index in [4.69, 9.17) is 15.3 Å². The van der Waals surface area contributed by atoms with E-state index in [-0.39, 0.29) is 12.0 Å². The van der Waals surface area contributed by atoms with E-state index in [0.717, 1.165) is 38.8 Å². The third-order valence-electron chi connectivity index (χ3n) is 2.95. The first kappa shape index (κ1) is 14.7. The predicted octanol–water partition coefficient (Wildman–Crippen LogP) is 0.927. The zero-order valence-electron chi connectivity index (χ0n) is 11.8. The van der Waals surface area contributed by atoms with Gasteiger partial charge in [-0.3, -0.25) is 5.43 Å². The van der Waals surface area contributed by atoms with Gasteiger partial charge in [0.05, 0.1) is 12.7 Å². The molecule has 2 heterocycles. The molecule has 112 valence electrons. The highest BCUT2D eigenvalue weighted by Gasteiger charge is 2.15. The molecule has 1 fully saturated rings. The Bertz CT molecular complexity index is 411. The molecule has 1 saturated heterocycles. The second-order valence-electron chi connectivity index (χ2n) is 4.61. The number of rotatable bonds is 8. The van der Waals surface area contributed by atoms with Gasteiger partial charge in [-0.05, 0) is 25.7 Å². The second kappa shape index (κ2) is 7.81. The summed E-state index contributed by atoms with van der Waals surface area (Å²) in [5.41, 5.74) is 2.41. The number of anilines is 2. The third kappa shape index (κ3) is 4.46. The lowest BCUT2D eigenvalue weighted by Crippen LogP contribution is -2.17. The van der Waals surface area contributed by atoms with Crippen molar-refractivity contribution < 1.29 is 9.47 Å². The van der Waals surface area contributed by atoms with Gasteiger partial charge in [0.2, 0.25) is 11.9 Å². The minimum Gasteiger partial charge on any atom is -0.463 e. The summed E-state index contributed by atoms with van der Waals surface area (Å²) in [7, 11) is 0. The lowest BCUT2D eigenvalue weighted by atomic mass is 10.2. The number of nitrogens with two attached hydrogens (primary N) is 1. The van der Waals surface area contributed by atoms with E-state index >= 15 is 0 Å². The van der Waals surface area contributed by atoms with Gasteiger partial charge in [-0.2, -0.15) is 15.0 Å². The molecule has 0 saturated carbocycles. The van der Waals surface area contributed by atoms with Crippen molar-refractivity contribution in [3.63, 3.8) is 0 Å². The fourth-order valence-electron chi connectivity index (χ4n) is 1.97. The molecule has 1 aliphatic rings. The number of hydrogen-bond donors (Lipinski definition) is 3. The summed E-state index contributed by atoms with van der Waals surface area (Å²) >= 11 is 0. The zero-order valence-corrected chi connectivity index (χ0v) is 11.8. The van der Waals surface area contributed by atoms with Crippen molar-refractivity contribution in [1.82, 2.24) is 15.0 Å². The van der Waals surface area contributed by atoms with E-state index in [1.165, 1.54) is 0 Å². The fourth-order valence-corrected chi connectivity index (χ4v) is 1.97. The molecule has 0 spiro atoms. The van der Waals surface area contributed by atoms with Gasteiger partial charge < -0.3 is 14.8 Å². The van der Waals surface area contributed by atoms with E-state index in [1.807, 2.05) is 6.92 Å². The van der Waals surface area contributed by atoms with E-state index in [0.29, 0.717) is 18.7 Å². The van der Waals surface area contributed by atoms with Crippen LogP contribution in [0.1, 0.15) is 32.6 Å².